The zero-order chi connectivity index (χ0) is 18.8. The maximum absolute atomic E-state index is 11.8. The summed E-state index contributed by atoms with van der Waals surface area (Å²) in [5.41, 5.74) is 1.63. The van der Waals surface area contributed by atoms with Crippen LogP contribution in [0.25, 0.3) is 0 Å². The molecule has 1 atom stereocenters. The molecule has 0 radical (unpaired) electrons. The Bertz CT molecular complexity index is 732. The first-order chi connectivity index (χ1) is 12.5. The van der Waals surface area contributed by atoms with E-state index < -0.39 is 5.97 Å². The number of hydrogen-bond donors (Lipinski definition) is 2. The van der Waals surface area contributed by atoms with Gasteiger partial charge in [-0.05, 0) is 24.6 Å². The van der Waals surface area contributed by atoms with Crippen molar-refractivity contribution in [1.29, 1.82) is 0 Å². The number of carbonyl (C=O) groups excluding carboxylic acids is 3. The topological polar surface area (TPSA) is 84.5 Å². The molecule has 6 nitrogen and oxygen atoms in total. The van der Waals surface area contributed by atoms with Gasteiger partial charge in [0, 0.05) is 12.1 Å². The molecule has 0 aromatic heterocycles. The fourth-order valence-electron chi connectivity index (χ4n) is 2.29. The van der Waals surface area contributed by atoms with Crippen LogP contribution in [0.3, 0.4) is 0 Å². The lowest BCUT2D eigenvalue weighted by molar-refractivity contribution is -0.149. The standard InChI is InChI=1S/C20H22N2O4/c1-15(16-8-4-2-5-9-16)21-19(24)14-26-20(25)13-12-18(23)22-17-10-6-3-7-11-17/h2-11,15H,12-14H2,1H3,(H,21,24)(H,22,23)/t15-/m0/s1. The van der Waals surface area contributed by atoms with Crippen molar-refractivity contribution in [2.24, 2.45) is 0 Å². The van der Waals surface area contributed by atoms with E-state index in [2.05, 4.69) is 10.6 Å². The molecule has 2 aromatic rings. The molecular formula is C20H22N2O4. The first kappa shape index (κ1) is 19.2. The smallest absolute Gasteiger partial charge is 0.306 e. The van der Waals surface area contributed by atoms with Gasteiger partial charge in [0.1, 0.15) is 0 Å². The van der Waals surface area contributed by atoms with Gasteiger partial charge >= 0.3 is 5.97 Å². The molecule has 136 valence electrons. The summed E-state index contributed by atoms with van der Waals surface area (Å²) in [5, 5.41) is 5.43. The lowest BCUT2D eigenvalue weighted by Gasteiger charge is -2.14. The molecule has 0 heterocycles. The first-order valence-corrected chi connectivity index (χ1v) is 8.39. The maximum atomic E-state index is 11.8. The summed E-state index contributed by atoms with van der Waals surface area (Å²) in [5.74, 6) is -1.26. The van der Waals surface area contributed by atoms with Crippen molar-refractivity contribution in [2.75, 3.05) is 11.9 Å². The van der Waals surface area contributed by atoms with Crippen molar-refractivity contribution >= 4 is 23.5 Å². The lowest BCUT2D eigenvalue weighted by atomic mass is 10.1. The molecule has 2 rings (SSSR count). The van der Waals surface area contributed by atoms with E-state index in [9.17, 15) is 14.4 Å². The van der Waals surface area contributed by atoms with Gasteiger partial charge in [-0.1, -0.05) is 48.5 Å². The van der Waals surface area contributed by atoms with Crippen LogP contribution in [0.4, 0.5) is 5.69 Å². The minimum absolute atomic E-state index is 0.00420. The zero-order valence-electron chi connectivity index (χ0n) is 14.6. The van der Waals surface area contributed by atoms with E-state index in [4.69, 9.17) is 4.74 Å². The van der Waals surface area contributed by atoms with Gasteiger partial charge in [-0.25, -0.2) is 0 Å². The molecule has 0 unspecified atom stereocenters. The molecule has 2 N–H and O–H groups in total. The van der Waals surface area contributed by atoms with Crippen molar-refractivity contribution in [1.82, 2.24) is 5.32 Å². The van der Waals surface area contributed by atoms with Gasteiger partial charge in [0.15, 0.2) is 6.61 Å². The fourth-order valence-corrected chi connectivity index (χ4v) is 2.29. The second-order valence-electron chi connectivity index (χ2n) is 5.77. The molecular weight excluding hydrogens is 332 g/mol. The molecule has 0 bridgehead atoms. The lowest BCUT2D eigenvalue weighted by Crippen LogP contribution is -2.31. The molecule has 0 spiro atoms. The predicted molar refractivity (Wildman–Crippen MR) is 98.3 cm³/mol. The van der Waals surface area contributed by atoms with Crippen LogP contribution in [0.1, 0.15) is 31.4 Å². The number of ether oxygens (including phenoxy) is 1. The number of para-hydroxylation sites is 1. The summed E-state index contributed by atoms with van der Waals surface area (Å²) in [6, 6.07) is 18.3. The average Bonchev–Trinajstić information content (AvgIpc) is 2.66. The molecule has 2 aromatic carbocycles. The highest BCUT2D eigenvalue weighted by atomic mass is 16.5. The Morgan fingerprint density at radius 1 is 0.885 bits per heavy atom. The van der Waals surface area contributed by atoms with E-state index in [1.54, 1.807) is 24.3 Å². The molecule has 26 heavy (non-hydrogen) atoms. The second-order valence-corrected chi connectivity index (χ2v) is 5.77. The van der Waals surface area contributed by atoms with E-state index in [0.29, 0.717) is 5.69 Å². The van der Waals surface area contributed by atoms with E-state index >= 15 is 0 Å². The minimum atomic E-state index is -0.587. The van der Waals surface area contributed by atoms with Crippen LogP contribution in [-0.2, 0) is 19.1 Å². The van der Waals surface area contributed by atoms with Crippen LogP contribution in [0.15, 0.2) is 60.7 Å². The van der Waals surface area contributed by atoms with E-state index in [1.807, 2.05) is 43.3 Å². The third-order valence-electron chi connectivity index (χ3n) is 3.66. The Labute approximate surface area is 152 Å². The minimum Gasteiger partial charge on any atom is -0.456 e. The predicted octanol–water partition coefficient (Wildman–Crippen LogP) is 2.83. The summed E-state index contributed by atoms with van der Waals surface area (Å²) < 4.78 is 4.91. The summed E-state index contributed by atoms with van der Waals surface area (Å²) in [7, 11) is 0. The number of esters is 1. The maximum Gasteiger partial charge on any atom is 0.306 e. The number of hydrogen-bond acceptors (Lipinski definition) is 4. The third kappa shape index (κ3) is 6.76. The van der Waals surface area contributed by atoms with Gasteiger partial charge in [-0.3, -0.25) is 14.4 Å². The summed E-state index contributed by atoms with van der Waals surface area (Å²) in [6.45, 7) is 1.49. The fraction of sp³-hybridized carbons (Fsp3) is 0.250. The largest absolute Gasteiger partial charge is 0.456 e. The van der Waals surface area contributed by atoms with Crippen molar-refractivity contribution in [3.63, 3.8) is 0 Å². The Morgan fingerprint density at radius 3 is 2.15 bits per heavy atom. The Balaban J connectivity index is 1.65. The van der Waals surface area contributed by atoms with Crippen LogP contribution in [0.5, 0.6) is 0 Å². The van der Waals surface area contributed by atoms with Crippen molar-refractivity contribution < 1.29 is 19.1 Å². The molecule has 0 aliphatic rings. The van der Waals surface area contributed by atoms with E-state index in [1.165, 1.54) is 0 Å². The van der Waals surface area contributed by atoms with Crippen LogP contribution in [-0.4, -0.2) is 24.4 Å². The van der Waals surface area contributed by atoms with Crippen LogP contribution < -0.4 is 10.6 Å². The van der Waals surface area contributed by atoms with E-state index in [0.717, 1.165) is 5.56 Å². The Hall–Kier alpha value is -3.15. The van der Waals surface area contributed by atoms with Crippen LogP contribution in [0, 0.1) is 0 Å². The normalized spacial score (nSPS) is 11.3. The average molecular weight is 354 g/mol. The first-order valence-electron chi connectivity index (χ1n) is 8.39. The van der Waals surface area contributed by atoms with Crippen molar-refractivity contribution in [2.45, 2.75) is 25.8 Å². The van der Waals surface area contributed by atoms with Crippen LogP contribution >= 0.6 is 0 Å². The Kier molecular flexibility index (Phi) is 7.36. The van der Waals surface area contributed by atoms with Gasteiger partial charge < -0.3 is 15.4 Å². The summed E-state index contributed by atoms with van der Waals surface area (Å²) >= 11 is 0. The van der Waals surface area contributed by atoms with Crippen molar-refractivity contribution in [3.8, 4) is 0 Å². The molecule has 0 saturated carbocycles. The zero-order valence-corrected chi connectivity index (χ0v) is 14.6. The number of rotatable bonds is 8. The highest BCUT2D eigenvalue weighted by Gasteiger charge is 2.13. The molecule has 6 heteroatoms. The summed E-state index contributed by atoms with van der Waals surface area (Å²) in [4.78, 5) is 35.3. The third-order valence-corrected chi connectivity index (χ3v) is 3.66. The van der Waals surface area contributed by atoms with E-state index in [-0.39, 0.29) is 37.3 Å². The molecule has 0 aliphatic heterocycles. The van der Waals surface area contributed by atoms with Gasteiger partial charge in [0.2, 0.25) is 5.91 Å². The molecule has 0 fully saturated rings. The highest BCUT2D eigenvalue weighted by Crippen LogP contribution is 2.10. The monoisotopic (exact) mass is 354 g/mol. The number of nitrogens with one attached hydrogen (secondary N) is 2. The quantitative estimate of drug-likeness (QED) is 0.714. The Morgan fingerprint density at radius 2 is 1.50 bits per heavy atom. The summed E-state index contributed by atoms with van der Waals surface area (Å²) in [6.07, 6.45) is -0.0874. The molecule has 0 saturated heterocycles. The number of benzene rings is 2. The number of anilines is 1. The van der Waals surface area contributed by atoms with Gasteiger partial charge in [0.25, 0.3) is 5.91 Å². The van der Waals surface area contributed by atoms with Crippen molar-refractivity contribution in [3.05, 3.63) is 66.2 Å². The van der Waals surface area contributed by atoms with Gasteiger partial charge in [-0.2, -0.15) is 0 Å². The van der Waals surface area contributed by atoms with Gasteiger partial charge in [0.05, 0.1) is 12.5 Å². The highest BCUT2D eigenvalue weighted by molar-refractivity contribution is 5.92. The molecule has 2 amide bonds. The van der Waals surface area contributed by atoms with Crippen LogP contribution in [0.2, 0.25) is 0 Å². The molecule has 0 aliphatic carbocycles. The second kappa shape index (κ2) is 9.98. The van der Waals surface area contributed by atoms with Gasteiger partial charge in [-0.15, -0.1) is 0 Å². The SMILES string of the molecule is C[C@H](NC(=O)COC(=O)CCC(=O)Nc1ccccc1)c1ccccc1. The number of amides is 2. The number of carbonyl (C=O) groups is 3.